The van der Waals surface area contributed by atoms with Crippen LogP contribution in [0.25, 0.3) is 10.6 Å². The van der Waals surface area contributed by atoms with Gasteiger partial charge in [0.2, 0.25) is 0 Å². The van der Waals surface area contributed by atoms with Crippen molar-refractivity contribution in [1.82, 2.24) is 4.98 Å². The van der Waals surface area contributed by atoms with E-state index < -0.39 is 0 Å². The quantitative estimate of drug-likeness (QED) is 0.873. The molecule has 3 rings (SSSR count). The van der Waals surface area contributed by atoms with E-state index in [0.717, 1.165) is 40.5 Å². The lowest BCUT2D eigenvalue weighted by atomic mass is 9.82. The van der Waals surface area contributed by atoms with Gasteiger partial charge in [-0.1, -0.05) is 6.42 Å². The number of hydrogen-bond acceptors (Lipinski definition) is 5. The summed E-state index contributed by atoms with van der Waals surface area (Å²) in [6.07, 6.45) is 8.40. The molecule has 0 unspecified atom stereocenters. The predicted molar refractivity (Wildman–Crippen MR) is 97.1 cm³/mol. The third-order valence-corrected chi connectivity index (χ3v) is 5.56. The molecule has 0 bridgehead atoms. The molecule has 2 N–H and O–H groups in total. The average Bonchev–Trinajstić information content (AvgIpc) is 3.02. The molecule has 2 aromatic rings. The van der Waals surface area contributed by atoms with Gasteiger partial charge in [-0.25, -0.2) is 4.98 Å². The number of nitriles is 1. The van der Waals surface area contributed by atoms with Gasteiger partial charge in [0.05, 0.1) is 11.6 Å². The zero-order valence-electron chi connectivity index (χ0n) is 14.0. The fourth-order valence-corrected chi connectivity index (χ4v) is 4.20. The van der Waals surface area contributed by atoms with Crippen LogP contribution in [0.15, 0.2) is 24.4 Å². The third-order valence-electron chi connectivity index (χ3n) is 4.60. The molecule has 1 aliphatic rings. The minimum atomic E-state index is -0.183. The van der Waals surface area contributed by atoms with Crippen LogP contribution < -0.4 is 10.5 Å². The minimum absolute atomic E-state index is 0.183. The summed E-state index contributed by atoms with van der Waals surface area (Å²) in [4.78, 5) is 5.59. The number of rotatable bonds is 5. The number of aryl methyl sites for hydroxylation is 1. The fourth-order valence-electron chi connectivity index (χ4n) is 3.45. The summed E-state index contributed by atoms with van der Waals surface area (Å²) in [6, 6.07) is 7.95. The first-order valence-electron chi connectivity index (χ1n) is 8.51. The van der Waals surface area contributed by atoms with Crippen LogP contribution in [0.2, 0.25) is 0 Å². The molecule has 0 saturated heterocycles. The Hall–Kier alpha value is -1.90. The number of thiazole rings is 1. The topological polar surface area (TPSA) is 71.9 Å². The number of ether oxygens (including phenoxy) is 1. The first-order valence-corrected chi connectivity index (χ1v) is 9.33. The second-order valence-electron chi connectivity index (χ2n) is 6.52. The van der Waals surface area contributed by atoms with E-state index in [0.29, 0.717) is 12.1 Å². The van der Waals surface area contributed by atoms with Gasteiger partial charge in [-0.2, -0.15) is 5.26 Å². The number of aromatic nitrogens is 1. The second kappa shape index (κ2) is 7.33. The third kappa shape index (κ3) is 3.77. The van der Waals surface area contributed by atoms with Gasteiger partial charge in [-0.3, -0.25) is 0 Å². The highest BCUT2D eigenvalue weighted by molar-refractivity contribution is 7.14. The standard InChI is InChI=1S/C19H23N3OS/c1-14-13-22-18(24-14)16-9-15(12-21)10-17(11-16)23-19(7-8-20)5-3-2-4-6-19/h9-11,13H,2-8,20H2,1H3. The van der Waals surface area contributed by atoms with Crippen molar-refractivity contribution in [2.24, 2.45) is 5.73 Å². The van der Waals surface area contributed by atoms with Gasteiger partial charge in [0.15, 0.2) is 0 Å². The first kappa shape index (κ1) is 16.9. The maximum atomic E-state index is 9.37. The van der Waals surface area contributed by atoms with Gasteiger partial charge < -0.3 is 10.5 Å². The molecule has 1 heterocycles. The van der Waals surface area contributed by atoms with E-state index in [1.807, 2.05) is 31.3 Å². The van der Waals surface area contributed by atoms with Crippen molar-refractivity contribution in [2.75, 3.05) is 6.54 Å². The van der Waals surface area contributed by atoms with Crippen LogP contribution in [-0.4, -0.2) is 17.1 Å². The van der Waals surface area contributed by atoms with Crippen molar-refractivity contribution in [3.05, 3.63) is 34.8 Å². The summed E-state index contributed by atoms with van der Waals surface area (Å²) < 4.78 is 6.44. The van der Waals surface area contributed by atoms with Crippen LogP contribution in [0.1, 0.15) is 49.0 Å². The van der Waals surface area contributed by atoms with E-state index in [1.165, 1.54) is 19.3 Å². The van der Waals surface area contributed by atoms with E-state index in [4.69, 9.17) is 10.5 Å². The van der Waals surface area contributed by atoms with Crippen molar-refractivity contribution < 1.29 is 4.74 Å². The molecular weight excluding hydrogens is 318 g/mol. The molecule has 1 aliphatic carbocycles. The zero-order valence-corrected chi connectivity index (χ0v) is 14.9. The molecule has 1 aromatic heterocycles. The van der Waals surface area contributed by atoms with Crippen molar-refractivity contribution in [3.63, 3.8) is 0 Å². The molecular formula is C19H23N3OS. The van der Waals surface area contributed by atoms with Crippen molar-refractivity contribution in [3.8, 4) is 22.4 Å². The van der Waals surface area contributed by atoms with Crippen molar-refractivity contribution in [2.45, 2.75) is 51.0 Å². The fraction of sp³-hybridized carbons (Fsp3) is 0.474. The zero-order chi connectivity index (χ0) is 17.0. The number of nitrogens with two attached hydrogens (primary N) is 1. The molecule has 126 valence electrons. The van der Waals surface area contributed by atoms with Crippen molar-refractivity contribution in [1.29, 1.82) is 5.26 Å². The van der Waals surface area contributed by atoms with Gasteiger partial charge in [0.1, 0.15) is 16.4 Å². The normalized spacial score (nSPS) is 16.5. The Bertz CT molecular complexity index is 736. The lowest BCUT2D eigenvalue weighted by molar-refractivity contribution is 0.0243. The van der Waals surface area contributed by atoms with Gasteiger partial charge in [0.25, 0.3) is 0 Å². The lowest BCUT2D eigenvalue weighted by Crippen LogP contribution is -2.40. The van der Waals surface area contributed by atoms with Gasteiger partial charge in [-0.15, -0.1) is 11.3 Å². The van der Waals surface area contributed by atoms with Crippen LogP contribution in [0.3, 0.4) is 0 Å². The summed E-state index contributed by atoms with van der Waals surface area (Å²) in [6.45, 7) is 2.65. The molecule has 0 spiro atoms. The van der Waals surface area contributed by atoms with Crippen LogP contribution in [0, 0.1) is 18.3 Å². The number of benzene rings is 1. The van der Waals surface area contributed by atoms with Crippen LogP contribution in [0.5, 0.6) is 5.75 Å². The molecule has 1 aromatic carbocycles. The Kier molecular flexibility index (Phi) is 5.17. The van der Waals surface area contributed by atoms with E-state index in [-0.39, 0.29) is 5.60 Å². The van der Waals surface area contributed by atoms with Crippen LogP contribution in [-0.2, 0) is 0 Å². The molecule has 5 heteroatoms. The van der Waals surface area contributed by atoms with Crippen LogP contribution >= 0.6 is 11.3 Å². The van der Waals surface area contributed by atoms with Gasteiger partial charge >= 0.3 is 0 Å². The maximum absolute atomic E-state index is 9.37. The molecule has 0 aliphatic heterocycles. The highest BCUT2D eigenvalue weighted by Gasteiger charge is 2.33. The Morgan fingerprint density at radius 2 is 2.08 bits per heavy atom. The lowest BCUT2D eigenvalue weighted by Gasteiger charge is -2.37. The monoisotopic (exact) mass is 341 g/mol. The van der Waals surface area contributed by atoms with Gasteiger partial charge in [-0.05, 0) is 63.8 Å². The van der Waals surface area contributed by atoms with E-state index in [9.17, 15) is 5.26 Å². The molecule has 1 saturated carbocycles. The van der Waals surface area contributed by atoms with Crippen LogP contribution in [0.4, 0.5) is 0 Å². The largest absolute Gasteiger partial charge is 0.487 e. The highest BCUT2D eigenvalue weighted by Crippen LogP contribution is 2.37. The van der Waals surface area contributed by atoms with Gasteiger partial charge in [0, 0.05) is 16.6 Å². The SMILES string of the molecule is Cc1cnc(-c2cc(C#N)cc(OC3(CCN)CCCCC3)c2)s1. The molecule has 24 heavy (non-hydrogen) atoms. The second-order valence-corrected chi connectivity index (χ2v) is 7.75. The van der Waals surface area contributed by atoms with Crippen molar-refractivity contribution >= 4 is 11.3 Å². The van der Waals surface area contributed by atoms with E-state index >= 15 is 0 Å². The number of hydrogen-bond donors (Lipinski definition) is 1. The summed E-state index contributed by atoms with van der Waals surface area (Å²) in [5.41, 5.74) is 7.20. The highest BCUT2D eigenvalue weighted by atomic mass is 32.1. The molecule has 1 fully saturated rings. The Morgan fingerprint density at radius 3 is 2.71 bits per heavy atom. The molecule has 0 radical (unpaired) electrons. The molecule has 4 nitrogen and oxygen atoms in total. The maximum Gasteiger partial charge on any atom is 0.123 e. The Balaban J connectivity index is 1.93. The first-order chi connectivity index (χ1) is 11.6. The number of nitrogens with zero attached hydrogens (tertiary/aromatic N) is 2. The summed E-state index contributed by atoms with van der Waals surface area (Å²) in [5.74, 6) is 0.757. The minimum Gasteiger partial charge on any atom is -0.487 e. The average molecular weight is 341 g/mol. The Labute approximate surface area is 147 Å². The Morgan fingerprint density at radius 1 is 1.29 bits per heavy atom. The molecule has 0 atom stereocenters. The molecule has 0 amide bonds. The summed E-state index contributed by atoms with van der Waals surface area (Å²) >= 11 is 1.63. The van der Waals surface area contributed by atoms with E-state index in [2.05, 4.69) is 11.1 Å². The smallest absolute Gasteiger partial charge is 0.123 e. The summed E-state index contributed by atoms with van der Waals surface area (Å²) in [5, 5.41) is 10.3. The summed E-state index contributed by atoms with van der Waals surface area (Å²) in [7, 11) is 0. The van der Waals surface area contributed by atoms with E-state index in [1.54, 1.807) is 11.3 Å². The predicted octanol–water partition coefficient (Wildman–Crippen LogP) is 4.42.